The van der Waals surface area contributed by atoms with Gasteiger partial charge >= 0.3 is 19.9 Å². The third kappa shape index (κ3) is 6.83. The molecule has 0 amide bonds. The summed E-state index contributed by atoms with van der Waals surface area (Å²) in [6, 6.07) is 1.15. The van der Waals surface area contributed by atoms with E-state index in [0.717, 1.165) is 10.6 Å². The fourth-order valence-electron chi connectivity index (χ4n) is 2.76. The molecule has 1 unspecified atom stereocenters. The Morgan fingerprint density at radius 2 is 2.10 bits per heavy atom. The summed E-state index contributed by atoms with van der Waals surface area (Å²) in [7, 11) is -2.44. The monoisotopic (exact) mass is 433 g/mol. The third-order valence-corrected chi connectivity index (χ3v) is 5.04. The molecule has 1 fully saturated rings. The van der Waals surface area contributed by atoms with Crippen molar-refractivity contribution in [2.75, 3.05) is 13.2 Å². The van der Waals surface area contributed by atoms with Crippen LogP contribution < -0.4 is 11.2 Å². The highest BCUT2D eigenvalue weighted by Gasteiger charge is 2.43. The molecule has 0 saturated carbocycles. The standard InChI is InChI=1S/C17H25N2O9P/c1-10(2)27-14(21)5-4-8-25-29(24)26-9-12-11(3)15(22)16(28-12)19-7-6-13(20)18-17(19)23/h6-7,10-12,15-16,22H,4-5,8-9H2,1-3H3/p+1/t11-,12-,15-,16-/m1/s1. The van der Waals surface area contributed by atoms with Crippen molar-refractivity contribution in [1.29, 1.82) is 0 Å². The van der Waals surface area contributed by atoms with Crippen molar-refractivity contribution in [3.8, 4) is 0 Å². The van der Waals surface area contributed by atoms with Crippen LogP contribution in [0.4, 0.5) is 0 Å². The van der Waals surface area contributed by atoms with Crippen LogP contribution in [-0.2, 0) is 27.9 Å². The van der Waals surface area contributed by atoms with Crippen molar-refractivity contribution in [2.24, 2.45) is 5.92 Å². The highest BCUT2D eigenvalue weighted by Crippen LogP contribution is 2.35. The molecule has 1 aliphatic rings. The molecule has 0 spiro atoms. The van der Waals surface area contributed by atoms with Crippen LogP contribution in [0.3, 0.4) is 0 Å². The van der Waals surface area contributed by atoms with Gasteiger partial charge in [-0.25, -0.2) is 4.79 Å². The van der Waals surface area contributed by atoms with Gasteiger partial charge in [-0.2, -0.15) is 0 Å². The van der Waals surface area contributed by atoms with E-state index in [9.17, 15) is 24.1 Å². The van der Waals surface area contributed by atoms with Gasteiger partial charge in [0.25, 0.3) is 5.56 Å². The number of rotatable bonds is 10. The number of hydrogen-bond donors (Lipinski definition) is 2. The second kappa shape index (κ2) is 10.7. The molecule has 1 aromatic heterocycles. The number of H-pyrrole nitrogens is 1. The lowest BCUT2D eigenvalue weighted by Crippen LogP contribution is -2.35. The number of nitrogens with zero attached hydrogens (tertiary/aromatic N) is 1. The number of carbonyl (C=O) groups excluding carboxylic acids is 1. The maximum absolute atomic E-state index is 11.9. The molecule has 1 aromatic rings. The summed E-state index contributed by atoms with van der Waals surface area (Å²) in [6.45, 7) is 5.13. The van der Waals surface area contributed by atoms with Crippen LogP contribution in [0.2, 0.25) is 0 Å². The highest BCUT2D eigenvalue weighted by molar-refractivity contribution is 7.33. The minimum Gasteiger partial charge on any atom is -0.463 e. The summed E-state index contributed by atoms with van der Waals surface area (Å²) in [6.07, 6.45) is -1.15. The maximum atomic E-state index is 11.9. The van der Waals surface area contributed by atoms with Gasteiger partial charge in [-0.3, -0.25) is 19.1 Å². The van der Waals surface area contributed by atoms with Crippen molar-refractivity contribution >= 4 is 14.2 Å². The Hall–Kier alpha value is -1.91. The number of carbonyl (C=O) groups is 1. The number of hydrogen-bond acceptors (Lipinski definition) is 9. The fraction of sp³-hybridized carbons (Fsp3) is 0.706. The van der Waals surface area contributed by atoms with Gasteiger partial charge in [-0.15, -0.1) is 9.05 Å². The SMILES string of the molecule is CC(C)OC(=O)CCCO[P+](=O)OC[C@H]1O[C@@H](n2ccc(=O)[nH]c2=O)[C@H](O)[C@@H]1C. The molecule has 0 aliphatic carbocycles. The molecule has 2 rings (SSSR count). The molecular weight excluding hydrogens is 407 g/mol. The van der Waals surface area contributed by atoms with E-state index in [1.165, 1.54) is 6.20 Å². The summed E-state index contributed by atoms with van der Waals surface area (Å²) < 4.78 is 33.7. The van der Waals surface area contributed by atoms with Gasteiger partial charge in [0.1, 0.15) is 19.3 Å². The smallest absolute Gasteiger partial charge is 0.463 e. The zero-order chi connectivity index (χ0) is 21.6. The Balaban J connectivity index is 1.77. The van der Waals surface area contributed by atoms with E-state index in [0.29, 0.717) is 6.42 Å². The normalized spacial score (nSPS) is 24.7. The van der Waals surface area contributed by atoms with E-state index < -0.39 is 43.9 Å². The number of nitrogens with one attached hydrogen (secondary N) is 1. The minimum absolute atomic E-state index is 0.0570. The molecular formula is C17H26N2O9P+. The van der Waals surface area contributed by atoms with Crippen molar-refractivity contribution in [2.45, 2.75) is 58.2 Å². The summed E-state index contributed by atoms with van der Waals surface area (Å²) >= 11 is 0. The predicted octanol–water partition coefficient (Wildman–Crippen LogP) is 0.853. The zero-order valence-electron chi connectivity index (χ0n) is 16.5. The Bertz CT molecular complexity index is 822. The van der Waals surface area contributed by atoms with Crippen LogP contribution in [0.5, 0.6) is 0 Å². The lowest BCUT2D eigenvalue weighted by atomic mass is 10.0. The van der Waals surface area contributed by atoms with Crippen LogP contribution in [0, 0.1) is 5.92 Å². The average Bonchev–Trinajstić information content (AvgIpc) is 2.91. The number of aromatic amines is 1. The Kier molecular flexibility index (Phi) is 8.66. The summed E-state index contributed by atoms with van der Waals surface area (Å²) in [5, 5.41) is 10.3. The quantitative estimate of drug-likeness (QED) is 0.311. The fourth-order valence-corrected chi connectivity index (χ4v) is 3.38. The number of aliphatic hydroxyl groups is 1. The molecule has 162 valence electrons. The summed E-state index contributed by atoms with van der Waals surface area (Å²) in [5.74, 6) is -0.779. The van der Waals surface area contributed by atoms with E-state index in [1.54, 1.807) is 20.8 Å². The molecule has 1 saturated heterocycles. The van der Waals surface area contributed by atoms with E-state index in [-0.39, 0.29) is 31.7 Å². The molecule has 12 heteroatoms. The highest BCUT2D eigenvalue weighted by atomic mass is 31.1. The predicted molar refractivity (Wildman–Crippen MR) is 100 cm³/mol. The molecule has 2 heterocycles. The first-order valence-corrected chi connectivity index (χ1v) is 10.4. The van der Waals surface area contributed by atoms with Gasteiger partial charge in [-0.05, 0) is 20.3 Å². The van der Waals surface area contributed by atoms with Crippen LogP contribution in [0.25, 0.3) is 0 Å². The van der Waals surface area contributed by atoms with E-state index in [4.69, 9.17) is 18.5 Å². The van der Waals surface area contributed by atoms with Crippen molar-refractivity contribution < 1.29 is 33.0 Å². The van der Waals surface area contributed by atoms with Crippen LogP contribution >= 0.6 is 8.25 Å². The number of ether oxygens (including phenoxy) is 2. The molecule has 1 aliphatic heterocycles. The van der Waals surface area contributed by atoms with Crippen molar-refractivity contribution in [1.82, 2.24) is 9.55 Å². The molecule has 11 nitrogen and oxygen atoms in total. The number of esters is 1. The van der Waals surface area contributed by atoms with Gasteiger partial charge < -0.3 is 14.6 Å². The van der Waals surface area contributed by atoms with Gasteiger partial charge in [0.15, 0.2) is 6.23 Å². The van der Waals surface area contributed by atoms with Crippen LogP contribution in [0.15, 0.2) is 21.9 Å². The van der Waals surface area contributed by atoms with Gasteiger partial charge in [-0.1, -0.05) is 6.92 Å². The Morgan fingerprint density at radius 3 is 2.76 bits per heavy atom. The van der Waals surface area contributed by atoms with E-state index >= 15 is 0 Å². The number of aliphatic hydroxyl groups excluding tert-OH is 1. The van der Waals surface area contributed by atoms with E-state index in [1.807, 2.05) is 0 Å². The first-order chi connectivity index (χ1) is 13.7. The van der Waals surface area contributed by atoms with Crippen molar-refractivity contribution in [3.63, 3.8) is 0 Å². The first-order valence-electron chi connectivity index (χ1n) is 9.26. The second-order valence-electron chi connectivity index (χ2n) is 6.93. The lowest BCUT2D eigenvalue weighted by Gasteiger charge is -2.17. The van der Waals surface area contributed by atoms with Gasteiger partial charge in [0, 0.05) is 29.2 Å². The van der Waals surface area contributed by atoms with E-state index in [2.05, 4.69) is 4.98 Å². The minimum atomic E-state index is -2.44. The number of aromatic nitrogens is 2. The van der Waals surface area contributed by atoms with Gasteiger partial charge in [0.05, 0.1) is 12.2 Å². The molecule has 0 bridgehead atoms. The summed E-state index contributed by atoms with van der Waals surface area (Å²) in [5.41, 5.74) is -1.26. The maximum Gasteiger partial charge on any atom is 0.697 e. The van der Waals surface area contributed by atoms with Crippen LogP contribution in [0.1, 0.15) is 39.8 Å². The average molecular weight is 433 g/mol. The molecule has 0 aromatic carbocycles. The molecule has 2 N–H and O–H groups in total. The Labute approximate surface area is 167 Å². The van der Waals surface area contributed by atoms with Gasteiger partial charge in [0.2, 0.25) is 0 Å². The van der Waals surface area contributed by atoms with Crippen LogP contribution in [-0.4, -0.2) is 52.2 Å². The topological polar surface area (TPSA) is 146 Å². The molecule has 5 atom stereocenters. The third-order valence-electron chi connectivity index (χ3n) is 4.29. The second-order valence-corrected chi connectivity index (χ2v) is 7.89. The molecule has 29 heavy (non-hydrogen) atoms. The lowest BCUT2D eigenvalue weighted by molar-refractivity contribution is -0.147. The first kappa shape index (κ1) is 23.4. The zero-order valence-corrected chi connectivity index (χ0v) is 17.4. The molecule has 0 radical (unpaired) electrons. The summed E-state index contributed by atoms with van der Waals surface area (Å²) in [4.78, 5) is 36.5. The van der Waals surface area contributed by atoms with Crippen molar-refractivity contribution in [3.05, 3.63) is 33.1 Å². The largest absolute Gasteiger partial charge is 0.697 e. The Morgan fingerprint density at radius 1 is 1.38 bits per heavy atom.